The Morgan fingerprint density at radius 1 is 0.700 bits per heavy atom. The van der Waals surface area contributed by atoms with Crippen LogP contribution in [0.25, 0.3) is 0 Å². The van der Waals surface area contributed by atoms with Crippen molar-refractivity contribution in [1.82, 2.24) is 0 Å². The summed E-state index contributed by atoms with van der Waals surface area (Å²) in [6, 6.07) is 0. The van der Waals surface area contributed by atoms with E-state index in [1.165, 1.54) is 0 Å². The lowest BCUT2D eigenvalue weighted by atomic mass is 10.1. The number of allylic oxidation sites excluding steroid dienone is 6. The van der Waals surface area contributed by atoms with Crippen LogP contribution in [0.3, 0.4) is 0 Å². The van der Waals surface area contributed by atoms with Gasteiger partial charge in [-0.15, -0.1) is 0 Å². The fourth-order valence-electron chi connectivity index (χ4n) is 2.37. The average Bonchev–Trinajstić information content (AvgIpc) is 2.50. The molecule has 0 spiro atoms. The topological polar surface area (TPSA) is 0 Å². The van der Waals surface area contributed by atoms with Crippen LogP contribution in [-0.4, -0.2) is 0 Å². The van der Waals surface area contributed by atoms with E-state index in [1.807, 2.05) is 0 Å². The first-order valence-electron chi connectivity index (χ1n) is 4.00. The molecule has 3 aliphatic carbocycles. The van der Waals surface area contributed by atoms with Gasteiger partial charge in [-0.1, -0.05) is 36.5 Å². The van der Waals surface area contributed by atoms with E-state index < -0.39 is 0 Å². The summed E-state index contributed by atoms with van der Waals surface area (Å²) in [4.78, 5) is 0. The third kappa shape index (κ3) is 0.439. The highest BCUT2D eigenvalue weighted by Gasteiger charge is 2.52. The first-order valence-corrected chi connectivity index (χ1v) is 4.00. The van der Waals surface area contributed by atoms with E-state index in [-0.39, 0.29) is 0 Å². The monoisotopic (exact) mass is 130 g/mol. The van der Waals surface area contributed by atoms with E-state index in [2.05, 4.69) is 36.5 Å². The maximum atomic E-state index is 2.39. The molecule has 0 heterocycles. The van der Waals surface area contributed by atoms with Crippen LogP contribution in [0.2, 0.25) is 0 Å². The Bertz CT molecular complexity index is 245. The zero-order valence-corrected chi connectivity index (χ0v) is 5.77. The summed E-state index contributed by atoms with van der Waals surface area (Å²) in [7, 11) is 0. The van der Waals surface area contributed by atoms with Gasteiger partial charge < -0.3 is 0 Å². The first-order chi connectivity index (χ1) is 4.97. The van der Waals surface area contributed by atoms with Gasteiger partial charge in [0.2, 0.25) is 0 Å². The maximum absolute atomic E-state index is 2.39. The van der Waals surface area contributed by atoms with Crippen LogP contribution in [-0.2, 0) is 0 Å². The van der Waals surface area contributed by atoms with Crippen molar-refractivity contribution < 1.29 is 0 Å². The Hall–Kier alpha value is -0.780. The molecule has 1 saturated carbocycles. The Balaban J connectivity index is 2.07. The van der Waals surface area contributed by atoms with Crippen molar-refractivity contribution in [3.63, 3.8) is 0 Å². The third-order valence-corrected chi connectivity index (χ3v) is 2.97. The van der Waals surface area contributed by atoms with Crippen molar-refractivity contribution in [3.8, 4) is 0 Å². The number of hydrogen-bond donors (Lipinski definition) is 0. The van der Waals surface area contributed by atoms with Gasteiger partial charge in [0.05, 0.1) is 0 Å². The fraction of sp³-hybridized carbons (Fsp3) is 0.400. The SMILES string of the molecule is C1=CC2C=CC3C(C=C1)C23. The molecule has 0 nitrogen and oxygen atoms in total. The van der Waals surface area contributed by atoms with Crippen LogP contribution in [0.5, 0.6) is 0 Å². The lowest BCUT2D eigenvalue weighted by Crippen LogP contribution is -1.92. The molecule has 0 aliphatic heterocycles. The van der Waals surface area contributed by atoms with Gasteiger partial charge in [-0.2, -0.15) is 0 Å². The highest BCUT2D eigenvalue weighted by atomic mass is 14.6. The van der Waals surface area contributed by atoms with Gasteiger partial charge >= 0.3 is 0 Å². The van der Waals surface area contributed by atoms with Crippen molar-refractivity contribution in [3.05, 3.63) is 36.5 Å². The highest BCUT2D eigenvalue weighted by molar-refractivity contribution is 5.32. The molecule has 0 aromatic rings. The smallest absolute Gasteiger partial charge is 0.00103 e. The molecule has 0 unspecified atom stereocenters. The Morgan fingerprint density at radius 2 is 1.50 bits per heavy atom. The van der Waals surface area contributed by atoms with E-state index in [0.29, 0.717) is 0 Å². The van der Waals surface area contributed by atoms with E-state index >= 15 is 0 Å². The van der Waals surface area contributed by atoms with Crippen molar-refractivity contribution >= 4 is 0 Å². The molecule has 0 heteroatoms. The molecule has 0 atom stereocenters. The number of rotatable bonds is 0. The second-order valence-electron chi connectivity index (χ2n) is 3.46. The minimum Gasteiger partial charge on any atom is -0.0839 e. The lowest BCUT2D eigenvalue weighted by molar-refractivity contribution is 0.674. The molecule has 0 amide bonds. The van der Waals surface area contributed by atoms with E-state index in [4.69, 9.17) is 0 Å². The molecule has 0 aromatic heterocycles. The molecule has 0 radical (unpaired) electrons. The zero-order valence-electron chi connectivity index (χ0n) is 5.77. The summed E-state index contributed by atoms with van der Waals surface area (Å²) in [5.74, 6) is 3.52. The van der Waals surface area contributed by atoms with E-state index in [9.17, 15) is 0 Å². The number of fused-ring (bicyclic) bond motifs is 1. The summed E-state index contributed by atoms with van der Waals surface area (Å²) in [5, 5.41) is 0. The molecule has 0 bridgehead atoms. The molecule has 0 N–H and O–H groups in total. The normalized spacial score (nSPS) is 52.8. The average molecular weight is 130 g/mol. The zero-order chi connectivity index (χ0) is 6.55. The summed E-state index contributed by atoms with van der Waals surface area (Å²) in [6.07, 6.45) is 13.8. The quantitative estimate of drug-likeness (QED) is 0.441. The van der Waals surface area contributed by atoms with E-state index in [1.54, 1.807) is 0 Å². The van der Waals surface area contributed by atoms with Crippen LogP contribution in [0.4, 0.5) is 0 Å². The third-order valence-electron chi connectivity index (χ3n) is 2.97. The van der Waals surface area contributed by atoms with E-state index in [0.717, 1.165) is 23.7 Å². The van der Waals surface area contributed by atoms with Crippen molar-refractivity contribution in [1.29, 1.82) is 0 Å². The van der Waals surface area contributed by atoms with Gasteiger partial charge in [-0.25, -0.2) is 0 Å². The van der Waals surface area contributed by atoms with Gasteiger partial charge in [-0.05, 0) is 23.7 Å². The van der Waals surface area contributed by atoms with Gasteiger partial charge in [0.1, 0.15) is 0 Å². The second-order valence-corrected chi connectivity index (χ2v) is 3.46. The summed E-state index contributed by atoms with van der Waals surface area (Å²) in [6.45, 7) is 0. The van der Waals surface area contributed by atoms with Gasteiger partial charge in [-0.3, -0.25) is 0 Å². The highest BCUT2D eigenvalue weighted by Crippen LogP contribution is 2.58. The molecular weight excluding hydrogens is 120 g/mol. The maximum Gasteiger partial charge on any atom is -0.00103 e. The Labute approximate surface area is 60.9 Å². The van der Waals surface area contributed by atoms with Crippen LogP contribution >= 0.6 is 0 Å². The molecule has 0 aromatic carbocycles. The molecule has 50 valence electrons. The fourth-order valence-corrected chi connectivity index (χ4v) is 2.37. The van der Waals surface area contributed by atoms with Crippen LogP contribution in [0, 0.1) is 23.7 Å². The molecule has 3 aliphatic rings. The Kier molecular flexibility index (Phi) is 0.715. The van der Waals surface area contributed by atoms with Gasteiger partial charge in [0, 0.05) is 0 Å². The largest absolute Gasteiger partial charge is 0.0839 e. The predicted molar refractivity (Wildman–Crippen MR) is 41.4 cm³/mol. The van der Waals surface area contributed by atoms with Crippen LogP contribution < -0.4 is 0 Å². The lowest BCUT2D eigenvalue weighted by Gasteiger charge is -1.99. The van der Waals surface area contributed by atoms with Crippen LogP contribution in [0.15, 0.2) is 36.5 Å². The molecular formula is C10H10. The summed E-state index contributed by atoms with van der Waals surface area (Å²) in [5.41, 5.74) is 0. The standard InChI is InChI=1S/C10H10/c1-2-4-8-9-6-5-7(3-1)10(8)9/h1-10H. The Morgan fingerprint density at radius 3 is 2.50 bits per heavy atom. The van der Waals surface area contributed by atoms with Crippen molar-refractivity contribution in [2.24, 2.45) is 23.7 Å². The second kappa shape index (κ2) is 1.45. The minimum absolute atomic E-state index is 0.769. The number of hydrogen-bond acceptors (Lipinski definition) is 0. The summed E-state index contributed by atoms with van der Waals surface area (Å²) >= 11 is 0. The molecule has 10 heavy (non-hydrogen) atoms. The van der Waals surface area contributed by atoms with Gasteiger partial charge in [0.15, 0.2) is 0 Å². The first kappa shape index (κ1) is 4.95. The summed E-state index contributed by atoms with van der Waals surface area (Å²) < 4.78 is 0. The van der Waals surface area contributed by atoms with Gasteiger partial charge in [0.25, 0.3) is 0 Å². The molecule has 3 rings (SSSR count). The predicted octanol–water partition coefficient (Wildman–Crippen LogP) is 2.16. The molecule has 1 fully saturated rings. The van der Waals surface area contributed by atoms with Crippen LogP contribution in [0.1, 0.15) is 0 Å². The molecule has 0 saturated heterocycles. The van der Waals surface area contributed by atoms with Crippen molar-refractivity contribution in [2.45, 2.75) is 0 Å². The minimum atomic E-state index is 0.769. The van der Waals surface area contributed by atoms with Crippen molar-refractivity contribution in [2.75, 3.05) is 0 Å².